The maximum Gasteiger partial charge on any atom is 0.265 e. The number of benzene rings is 2. The van der Waals surface area contributed by atoms with E-state index in [9.17, 15) is 4.79 Å². The zero-order chi connectivity index (χ0) is 19.5. The molecular formula is C21H21N3O4. The number of fused-ring (bicyclic) bond motifs is 1. The van der Waals surface area contributed by atoms with Crippen LogP contribution in [0.15, 0.2) is 47.0 Å². The van der Waals surface area contributed by atoms with Crippen molar-refractivity contribution in [1.82, 2.24) is 10.1 Å². The Bertz CT molecular complexity index is 982. The van der Waals surface area contributed by atoms with Gasteiger partial charge in [0.05, 0.1) is 19.2 Å². The van der Waals surface area contributed by atoms with Gasteiger partial charge in [-0.25, -0.2) is 0 Å². The van der Waals surface area contributed by atoms with E-state index in [4.69, 9.17) is 14.0 Å². The van der Waals surface area contributed by atoms with E-state index in [0.717, 1.165) is 29.0 Å². The Hall–Kier alpha value is -3.35. The first-order chi connectivity index (χ1) is 13.7. The van der Waals surface area contributed by atoms with Crippen molar-refractivity contribution in [2.24, 2.45) is 0 Å². The van der Waals surface area contributed by atoms with Crippen LogP contribution in [0.25, 0.3) is 11.4 Å². The fourth-order valence-electron chi connectivity index (χ4n) is 3.17. The van der Waals surface area contributed by atoms with Crippen molar-refractivity contribution >= 4 is 11.6 Å². The summed E-state index contributed by atoms with van der Waals surface area (Å²) >= 11 is 0. The lowest BCUT2D eigenvalue weighted by atomic mass is 10.1. The van der Waals surface area contributed by atoms with E-state index in [1.807, 2.05) is 49.4 Å². The smallest absolute Gasteiger partial charge is 0.265 e. The molecule has 0 fully saturated rings. The zero-order valence-corrected chi connectivity index (χ0v) is 15.8. The third-order valence-electron chi connectivity index (χ3n) is 4.59. The number of carbonyl (C=O) groups is 1. The van der Waals surface area contributed by atoms with E-state index in [1.165, 1.54) is 0 Å². The Morgan fingerprint density at radius 3 is 2.75 bits per heavy atom. The average Bonchev–Trinajstić information content (AvgIpc) is 3.19. The maximum atomic E-state index is 12.2. The highest BCUT2D eigenvalue weighted by atomic mass is 16.5. The lowest BCUT2D eigenvalue weighted by Gasteiger charge is -2.29. The van der Waals surface area contributed by atoms with Gasteiger partial charge in [0.25, 0.3) is 5.91 Å². The number of ether oxygens (including phenoxy) is 2. The molecule has 2 aromatic carbocycles. The molecule has 7 nitrogen and oxygen atoms in total. The first kappa shape index (κ1) is 18.0. The third kappa shape index (κ3) is 3.55. The molecular weight excluding hydrogens is 358 g/mol. The molecule has 1 aromatic heterocycles. The summed E-state index contributed by atoms with van der Waals surface area (Å²) in [6, 6.07) is 13.3. The summed E-state index contributed by atoms with van der Waals surface area (Å²) in [6.45, 7) is 2.76. The summed E-state index contributed by atoms with van der Waals surface area (Å²) in [6.07, 6.45) is 1.40. The molecule has 4 rings (SSSR count). The molecule has 0 spiro atoms. The Kier molecular flexibility index (Phi) is 4.97. The number of methoxy groups -OCH3 is 1. The van der Waals surface area contributed by atoms with E-state index in [1.54, 1.807) is 12.0 Å². The molecule has 0 saturated heterocycles. The molecule has 28 heavy (non-hydrogen) atoms. The number of hydrogen-bond acceptors (Lipinski definition) is 6. The minimum atomic E-state index is -0.0418. The highest BCUT2D eigenvalue weighted by Crippen LogP contribution is 2.35. The third-order valence-corrected chi connectivity index (χ3v) is 4.59. The Morgan fingerprint density at radius 1 is 1.18 bits per heavy atom. The number of anilines is 1. The highest BCUT2D eigenvalue weighted by molar-refractivity contribution is 5.98. The molecule has 1 aliphatic heterocycles. The SMILES string of the molecule is CCCN1C(=O)COc2ccc(-c3noc(Cc4ccc(OC)cc4)n3)cc21. The first-order valence-corrected chi connectivity index (χ1v) is 9.21. The number of hydrogen-bond donors (Lipinski definition) is 0. The van der Waals surface area contributed by atoms with Gasteiger partial charge < -0.3 is 18.9 Å². The number of nitrogens with zero attached hydrogens (tertiary/aromatic N) is 3. The van der Waals surface area contributed by atoms with Crippen molar-refractivity contribution < 1.29 is 18.8 Å². The van der Waals surface area contributed by atoms with E-state index in [0.29, 0.717) is 30.4 Å². The lowest BCUT2D eigenvalue weighted by Crippen LogP contribution is -2.39. The van der Waals surface area contributed by atoms with E-state index in [2.05, 4.69) is 10.1 Å². The van der Waals surface area contributed by atoms with Gasteiger partial charge in [0.15, 0.2) is 6.61 Å². The Morgan fingerprint density at radius 2 is 2.00 bits per heavy atom. The van der Waals surface area contributed by atoms with Gasteiger partial charge in [-0.15, -0.1) is 0 Å². The van der Waals surface area contributed by atoms with Crippen molar-refractivity contribution in [2.45, 2.75) is 19.8 Å². The van der Waals surface area contributed by atoms with Crippen molar-refractivity contribution in [3.8, 4) is 22.9 Å². The van der Waals surface area contributed by atoms with Crippen LogP contribution in [0.3, 0.4) is 0 Å². The maximum absolute atomic E-state index is 12.2. The number of amides is 1. The predicted molar refractivity (Wildman–Crippen MR) is 104 cm³/mol. The molecule has 0 unspecified atom stereocenters. The largest absolute Gasteiger partial charge is 0.497 e. The quantitative estimate of drug-likeness (QED) is 0.653. The number of aromatic nitrogens is 2. The van der Waals surface area contributed by atoms with Gasteiger partial charge in [0.1, 0.15) is 11.5 Å². The molecule has 0 radical (unpaired) electrons. The number of carbonyl (C=O) groups excluding carboxylic acids is 1. The summed E-state index contributed by atoms with van der Waals surface area (Å²) in [4.78, 5) is 18.4. The average molecular weight is 379 g/mol. The van der Waals surface area contributed by atoms with E-state index in [-0.39, 0.29) is 12.5 Å². The predicted octanol–water partition coefficient (Wildman–Crippen LogP) is 3.47. The van der Waals surface area contributed by atoms with E-state index >= 15 is 0 Å². The van der Waals surface area contributed by atoms with Gasteiger partial charge in [-0.05, 0) is 42.3 Å². The molecule has 0 N–H and O–H groups in total. The Labute approximate surface area is 162 Å². The van der Waals surface area contributed by atoms with Gasteiger partial charge in [0.2, 0.25) is 11.7 Å². The van der Waals surface area contributed by atoms with Crippen molar-refractivity contribution in [2.75, 3.05) is 25.2 Å². The van der Waals surface area contributed by atoms with Crippen LogP contribution in [0, 0.1) is 0 Å². The normalized spacial score (nSPS) is 13.2. The summed E-state index contributed by atoms with van der Waals surface area (Å²) in [5.74, 6) is 2.47. The fourth-order valence-corrected chi connectivity index (χ4v) is 3.17. The standard InChI is InChI=1S/C21H21N3O4/c1-3-10-24-17-12-15(6-9-18(17)27-13-20(24)25)21-22-19(28-23-21)11-14-4-7-16(26-2)8-5-14/h4-9,12H,3,10-11,13H2,1-2H3. The first-order valence-electron chi connectivity index (χ1n) is 9.21. The van der Waals surface area contributed by atoms with Gasteiger partial charge in [-0.1, -0.05) is 24.2 Å². The molecule has 1 amide bonds. The van der Waals surface area contributed by atoms with Crippen LogP contribution in [-0.2, 0) is 11.2 Å². The van der Waals surface area contributed by atoms with Crippen molar-refractivity contribution in [3.05, 3.63) is 53.9 Å². The molecule has 0 atom stereocenters. The summed E-state index contributed by atoms with van der Waals surface area (Å²) in [5, 5.41) is 4.10. The fraction of sp³-hybridized carbons (Fsp3) is 0.286. The molecule has 0 bridgehead atoms. The molecule has 0 aliphatic carbocycles. The van der Waals surface area contributed by atoms with Crippen LogP contribution in [0.1, 0.15) is 24.8 Å². The van der Waals surface area contributed by atoms with Crippen molar-refractivity contribution in [3.63, 3.8) is 0 Å². The van der Waals surface area contributed by atoms with Gasteiger partial charge in [-0.3, -0.25) is 4.79 Å². The molecule has 144 valence electrons. The summed E-state index contributed by atoms with van der Waals surface area (Å²) < 4.78 is 16.1. The number of rotatable bonds is 6. The van der Waals surface area contributed by atoms with Crippen LogP contribution in [0.4, 0.5) is 5.69 Å². The second-order valence-corrected chi connectivity index (χ2v) is 6.55. The van der Waals surface area contributed by atoms with E-state index < -0.39 is 0 Å². The zero-order valence-electron chi connectivity index (χ0n) is 15.8. The monoisotopic (exact) mass is 379 g/mol. The summed E-state index contributed by atoms with van der Waals surface area (Å²) in [5.41, 5.74) is 2.58. The molecule has 7 heteroatoms. The molecule has 3 aromatic rings. The molecule has 1 aliphatic rings. The second kappa shape index (κ2) is 7.72. The van der Waals surface area contributed by atoms with Crippen LogP contribution >= 0.6 is 0 Å². The van der Waals surface area contributed by atoms with Crippen LogP contribution in [-0.4, -0.2) is 36.3 Å². The van der Waals surface area contributed by atoms with Crippen LogP contribution in [0.2, 0.25) is 0 Å². The molecule has 2 heterocycles. The van der Waals surface area contributed by atoms with Crippen LogP contribution in [0.5, 0.6) is 11.5 Å². The van der Waals surface area contributed by atoms with Gasteiger partial charge >= 0.3 is 0 Å². The topological polar surface area (TPSA) is 77.7 Å². The van der Waals surface area contributed by atoms with Gasteiger partial charge in [-0.2, -0.15) is 4.98 Å². The van der Waals surface area contributed by atoms with Crippen molar-refractivity contribution in [1.29, 1.82) is 0 Å². The van der Waals surface area contributed by atoms with Crippen LogP contribution < -0.4 is 14.4 Å². The van der Waals surface area contributed by atoms with Gasteiger partial charge in [0, 0.05) is 12.1 Å². The highest BCUT2D eigenvalue weighted by Gasteiger charge is 2.25. The minimum Gasteiger partial charge on any atom is -0.497 e. The molecule has 0 saturated carbocycles. The second-order valence-electron chi connectivity index (χ2n) is 6.55. The Balaban J connectivity index is 1.57. The summed E-state index contributed by atoms with van der Waals surface area (Å²) in [7, 11) is 1.64. The minimum absolute atomic E-state index is 0.0418. The lowest BCUT2D eigenvalue weighted by molar-refractivity contribution is -0.121.